The molecule has 0 radical (unpaired) electrons. The topological polar surface area (TPSA) is 88.2 Å². The molecule has 0 aliphatic carbocycles. The summed E-state index contributed by atoms with van der Waals surface area (Å²) in [5.74, 6) is 0. The van der Waals surface area contributed by atoms with Gasteiger partial charge in [-0.2, -0.15) is 0 Å². The van der Waals surface area contributed by atoms with Gasteiger partial charge in [-0.25, -0.2) is 9.59 Å². The summed E-state index contributed by atoms with van der Waals surface area (Å²) in [6.45, 7) is 2.50. The zero-order chi connectivity index (χ0) is 16.1. The highest BCUT2D eigenvalue weighted by Crippen LogP contribution is 2.09. The van der Waals surface area contributed by atoms with Gasteiger partial charge in [0.15, 0.2) is 0 Å². The average Bonchev–Trinajstić information content (AvgIpc) is 2.88. The van der Waals surface area contributed by atoms with E-state index in [0.29, 0.717) is 32.7 Å². The maximum absolute atomic E-state index is 11.9. The van der Waals surface area contributed by atoms with Crippen LogP contribution in [-0.2, 0) is 11.3 Å². The predicted molar refractivity (Wildman–Crippen MR) is 87.6 cm³/mol. The molecule has 1 aromatic carbocycles. The molecule has 1 saturated heterocycles. The Bertz CT molecular complexity index is 715. The number of amides is 2. The molecule has 2 heterocycles. The number of aromatic amines is 1. The molecule has 1 aromatic heterocycles. The molecule has 3 N–H and O–H groups in total. The Balaban J connectivity index is 1.45. The van der Waals surface area contributed by atoms with Crippen molar-refractivity contribution in [3.8, 4) is 0 Å². The van der Waals surface area contributed by atoms with E-state index in [1.165, 1.54) is 0 Å². The van der Waals surface area contributed by atoms with Crippen LogP contribution < -0.4 is 16.3 Å². The van der Waals surface area contributed by atoms with Crippen LogP contribution in [0.1, 0.15) is 19.3 Å². The molecule has 2 amide bonds. The molecule has 0 saturated carbocycles. The largest absolute Gasteiger partial charge is 0.381 e. The summed E-state index contributed by atoms with van der Waals surface area (Å²) in [7, 11) is 0. The lowest BCUT2D eigenvalue weighted by atomic mass is 10.1. The highest BCUT2D eigenvalue weighted by molar-refractivity contribution is 5.75. The standard InChI is InChI=1S/C16H22N4O3/c21-15(18-12-6-10-23-11-7-12)17-8-3-9-20-14-5-2-1-4-13(14)19-16(20)22/h1-2,4-5,12H,3,6-11H2,(H,19,22)(H2,17,18,21). The van der Waals surface area contributed by atoms with Crippen molar-refractivity contribution in [3.63, 3.8) is 0 Å². The molecule has 0 spiro atoms. The fourth-order valence-corrected chi connectivity index (χ4v) is 2.85. The second-order valence-corrected chi connectivity index (χ2v) is 5.74. The third-order valence-electron chi connectivity index (χ3n) is 4.08. The number of ether oxygens (including phenoxy) is 1. The van der Waals surface area contributed by atoms with Crippen LogP contribution in [0.4, 0.5) is 4.79 Å². The lowest BCUT2D eigenvalue weighted by Gasteiger charge is -2.23. The molecule has 1 aliphatic heterocycles. The Morgan fingerprint density at radius 3 is 2.91 bits per heavy atom. The number of rotatable bonds is 5. The Kier molecular flexibility index (Phi) is 4.97. The number of fused-ring (bicyclic) bond motifs is 1. The maximum atomic E-state index is 11.9. The van der Waals surface area contributed by atoms with Crippen molar-refractivity contribution in [2.45, 2.75) is 31.8 Å². The van der Waals surface area contributed by atoms with Crippen molar-refractivity contribution in [1.82, 2.24) is 20.2 Å². The summed E-state index contributed by atoms with van der Waals surface area (Å²) >= 11 is 0. The van der Waals surface area contributed by atoms with E-state index < -0.39 is 0 Å². The molecule has 7 nitrogen and oxygen atoms in total. The first-order valence-electron chi connectivity index (χ1n) is 8.04. The van der Waals surface area contributed by atoms with Gasteiger partial charge in [-0.3, -0.25) is 4.57 Å². The second-order valence-electron chi connectivity index (χ2n) is 5.74. The number of carbonyl (C=O) groups is 1. The summed E-state index contributed by atoms with van der Waals surface area (Å²) in [6.07, 6.45) is 2.42. The van der Waals surface area contributed by atoms with Crippen molar-refractivity contribution in [2.24, 2.45) is 0 Å². The number of aryl methyl sites for hydroxylation is 1. The van der Waals surface area contributed by atoms with Crippen molar-refractivity contribution in [3.05, 3.63) is 34.7 Å². The summed E-state index contributed by atoms with van der Waals surface area (Å²) in [5, 5.41) is 5.79. The number of urea groups is 1. The SMILES string of the molecule is O=C(NCCCn1c(=O)[nH]c2ccccc21)NC1CCOCC1. The number of carbonyl (C=O) groups excluding carboxylic acids is 1. The normalized spacial score (nSPS) is 15.7. The van der Waals surface area contributed by atoms with E-state index in [-0.39, 0.29) is 17.8 Å². The zero-order valence-electron chi connectivity index (χ0n) is 13.0. The van der Waals surface area contributed by atoms with Crippen molar-refractivity contribution >= 4 is 17.1 Å². The minimum absolute atomic E-state index is 0.113. The second kappa shape index (κ2) is 7.32. The van der Waals surface area contributed by atoms with Gasteiger partial charge in [0.1, 0.15) is 0 Å². The summed E-state index contributed by atoms with van der Waals surface area (Å²) < 4.78 is 6.96. The summed E-state index contributed by atoms with van der Waals surface area (Å²) in [4.78, 5) is 26.6. The van der Waals surface area contributed by atoms with Crippen molar-refractivity contribution in [2.75, 3.05) is 19.8 Å². The van der Waals surface area contributed by atoms with Crippen LogP contribution in [0, 0.1) is 0 Å². The molecule has 23 heavy (non-hydrogen) atoms. The lowest BCUT2D eigenvalue weighted by Crippen LogP contribution is -2.44. The number of para-hydroxylation sites is 2. The molecule has 3 rings (SSSR count). The van der Waals surface area contributed by atoms with E-state index in [4.69, 9.17) is 4.74 Å². The molecule has 1 aliphatic rings. The first-order chi connectivity index (χ1) is 11.2. The van der Waals surface area contributed by atoms with E-state index in [1.807, 2.05) is 24.3 Å². The minimum atomic E-state index is -0.150. The smallest absolute Gasteiger partial charge is 0.326 e. The number of hydrogen-bond acceptors (Lipinski definition) is 3. The molecular weight excluding hydrogens is 296 g/mol. The van der Waals surface area contributed by atoms with Crippen LogP contribution >= 0.6 is 0 Å². The van der Waals surface area contributed by atoms with E-state index in [1.54, 1.807) is 4.57 Å². The monoisotopic (exact) mass is 318 g/mol. The minimum Gasteiger partial charge on any atom is -0.381 e. The van der Waals surface area contributed by atoms with Gasteiger partial charge in [-0.1, -0.05) is 12.1 Å². The molecule has 124 valence electrons. The Hall–Kier alpha value is -2.28. The van der Waals surface area contributed by atoms with Gasteiger partial charge in [0.05, 0.1) is 11.0 Å². The lowest BCUT2D eigenvalue weighted by molar-refractivity contribution is 0.0801. The third-order valence-corrected chi connectivity index (χ3v) is 4.08. The van der Waals surface area contributed by atoms with E-state index in [9.17, 15) is 9.59 Å². The third kappa shape index (κ3) is 3.92. The number of nitrogens with one attached hydrogen (secondary N) is 3. The molecule has 7 heteroatoms. The highest BCUT2D eigenvalue weighted by atomic mass is 16.5. The van der Waals surface area contributed by atoms with Crippen molar-refractivity contribution < 1.29 is 9.53 Å². The van der Waals surface area contributed by atoms with Gasteiger partial charge in [0.2, 0.25) is 0 Å². The highest BCUT2D eigenvalue weighted by Gasteiger charge is 2.15. The first-order valence-corrected chi connectivity index (χ1v) is 8.04. The number of imidazole rings is 1. The van der Waals surface area contributed by atoms with Crippen molar-refractivity contribution in [1.29, 1.82) is 0 Å². The van der Waals surface area contributed by atoms with Gasteiger partial charge in [0, 0.05) is 32.3 Å². The van der Waals surface area contributed by atoms with Crippen LogP contribution in [0.3, 0.4) is 0 Å². The Morgan fingerprint density at radius 2 is 2.09 bits per heavy atom. The Morgan fingerprint density at radius 1 is 1.30 bits per heavy atom. The Labute approximate surface area is 134 Å². The number of benzene rings is 1. The van der Waals surface area contributed by atoms with Gasteiger partial charge in [-0.15, -0.1) is 0 Å². The van der Waals surface area contributed by atoms with E-state index in [0.717, 1.165) is 23.9 Å². The fourth-order valence-electron chi connectivity index (χ4n) is 2.85. The molecule has 1 fully saturated rings. The van der Waals surface area contributed by atoms with Gasteiger partial charge in [-0.05, 0) is 31.4 Å². The molecule has 0 unspecified atom stereocenters. The van der Waals surface area contributed by atoms with Crippen LogP contribution in [0.2, 0.25) is 0 Å². The van der Waals surface area contributed by atoms with Gasteiger partial charge in [0.25, 0.3) is 0 Å². The van der Waals surface area contributed by atoms with E-state index in [2.05, 4.69) is 15.6 Å². The van der Waals surface area contributed by atoms with E-state index >= 15 is 0 Å². The van der Waals surface area contributed by atoms with Gasteiger partial charge < -0.3 is 20.4 Å². The van der Waals surface area contributed by atoms with Gasteiger partial charge >= 0.3 is 11.7 Å². The number of H-pyrrole nitrogens is 1. The summed E-state index contributed by atoms with van der Waals surface area (Å²) in [5.41, 5.74) is 1.62. The van der Waals surface area contributed by atoms with Crippen LogP contribution in [-0.4, -0.2) is 41.4 Å². The number of nitrogens with zero attached hydrogens (tertiary/aromatic N) is 1. The predicted octanol–water partition coefficient (Wildman–Crippen LogP) is 1.20. The van der Waals surface area contributed by atoms with Crippen LogP contribution in [0.25, 0.3) is 11.0 Å². The molecule has 0 atom stereocenters. The maximum Gasteiger partial charge on any atom is 0.326 e. The summed E-state index contributed by atoms with van der Waals surface area (Å²) in [6, 6.07) is 7.64. The molecule has 0 bridgehead atoms. The molecular formula is C16H22N4O3. The quantitative estimate of drug-likeness (QED) is 0.724. The average molecular weight is 318 g/mol. The number of aromatic nitrogens is 2. The van der Waals surface area contributed by atoms with Crippen LogP contribution in [0.5, 0.6) is 0 Å². The molecule has 2 aromatic rings. The fraction of sp³-hybridized carbons (Fsp3) is 0.500. The first kappa shape index (κ1) is 15.6. The number of hydrogen-bond donors (Lipinski definition) is 3. The van der Waals surface area contributed by atoms with Crippen LogP contribution in [0.15, 0.2) is 29.1 Å². The zero-order valence-corrected chi connectivity index (χ0v) is 13.0.